The van der Waals surface area contributed by atoms with Crippen LogP contribution in [0.25, 0.3) is 93.8 Å². The van der Waals surface area contributed by atoms with Crippen LogP contribution in [0.4, 0.5) is 0 Å². The van der Waals surface area contributed by atoms with Gasteiger partial charge < -0.3 is 17.7 Å². The van der Waals surface area contributed by atoms with E-state index in [1.54, 1.807) is 0 Å². The average molecular weight is 541 g/mol. The molecule has 10 rings (SSSR count). The molecule has 5 nitrogen and oxygen atoms in total. The summed E-state index contributed by atoms with van der Waals surface area (Å²) in [6.07, 6.45) is 4.05. The van der Waals surface area contributed by atoms with Gasteiger partial charge in [-0.2, -0.15) is 0 Å². The largest absolute Gasteiger partial charge is 0.456 e. The van der Waals surface area contributed by atoms with Gasteiger partial charge in [-0.05, 0) is 60.2 Å². The van der Waals surface area contributed by atoms with E-state index in [0.717, 1.165) is 93.8 Å². The molecule has 0 bridgehead atoms. The van der Waals surface area contributed by atoms with E-state index in [2.05, 4.69) is 66.7 Å². The lowest BCUT2D eigenvalue weighted by Gasteiger charge is -2.05. The Morgan fingerprint density at radius 3 is 1.76 bits per heavy atom. The van der Waals surface area contributed by atoms with Crippen LogP contribution in [0, 0.1) is 0 Å². The van der Waals surface area contributed by atoms with Gasteiger partial charge in [0.25, 0.3) is 0 Å². The predicted octanol–water partition coefficient (Wildman–Crippen LogP) is 10.4. The third kappa shape index (κ3) is 2.94. The van der Waals surface area contributed by atoms with Crippen LogP contribution in [-0.4, -0.2) is 9.38 Å². The Bertz CT molecular complexity index is 2580. The molecule has 0 atom stereocenters. The molecule has 42 heavy (non-hydrogen) atoms. The fraction of sp³-hybridized carbons (Fsp3) is 0. The van der Waals surface area contributed by atoms with Crippen LogP contribution in [-0.2, 0) is 0 Å². The number of hydrogen-bond acceptors (Lipinski definition) is 4. The smallest absolute Gasteiger partial charge is 0.147 e. The highest BCUT2D eigenvalue weighted by molar-refractivity contribution is 6.22. The number of imidazole rings is 1. The number of rotatable bonds is 2. The van der Waals surface area contributed by atoms with E-state index in [0.29, 0.717) is 0 Å². The van der Waals surface area contributed by atoms with E-state index < -0.39 is 0 Å². The summed E-state index contributed by atoms with van der Waals surface area (Å²) in [4.78, 5) is 4.79. The van der Waals surface area contributed by atoms with Gasteiger partial charge in [-0.25, -0.2) is 4.98 Å². The second-order valence-electron chi connectivity index (χ2n) is 10.8. The summed E-state index contributed by atoms with van der Waals surface area (Å²) in [5.74, 6) is 0. The molecule has 0 saturated heterocycles. The highest BCUT2D eigenvalue weighted by Crippen LogP contribution is 2.45. The molecular weight excluding hydrogens is 520 g/mol. The normalized spacial score (nSPS) is 12.3. The maximum Gasteiger partial charge on any atom is 0.147 e. The van der Waals surface area contributed by atoms with Gasteiger partial charge in [-0.1, -0.05) is 54.6 Å². The molecule has 0 aliphatic carbocycles. The van der Waals surface area contributed by atoms with Crippen molar-refractivity contribution in [2.45, 2.75) is 0 Å². The Morgan fingerprint density at radius 2 is 1.07 bits per heavy atom. The summed E-state index contributed by atoms with van der Waals surface area (Å²) in [7, 11) is 0. The molecule has 5 heterocycles. The quantitative estimate of drug-likeness (QED) is 0.219. The lowest BCUT2D eigenvalue weighted by atomic mass is 9.97. The van der Waals surface area contributed by atoms with Crippen LogP contribution < -0.4 is 0 Å². The van der Waals surface area contributed by atoms with Gasteiger partial charge in [0.1, 0.15) is 39.1 Å². The molecule has 10 aromatic rings. The summed E-state index contributed by atoms with van der Waals surface area (Å²) < 4.78 is 21.5. The van der Waals surface area contributed by atoms with E-state index in [1.807, 2.05) is 59.3 Å². The molecule has 0 aliphatic heterocycles. The number of nitrogens with zero attached hydrogens (tertiary/aromatic N) is 2. The van der Waals surface area contributed by atoms with Crippen molar-refractivity contribution in [2.24, 2.45) is 0 Å². The second kappa shape index (κ2) is 7.89. The Kier molecular flexibility index (Phi) is 4.12. The molecule has 0 fully saturated rings. The molecule has 5 aromatic heterocycles. The minimum absolute atomic E-state index is 0.812. The summed E-state index contributed by atoms with van der Waals surface area (Å²) in [6.45, 7) is 0. The summed E-state index contributed by atoms with van der Waals surface area (Å²) >= 11 is 0. The number of benzene rings is 5. The molecule has 0 spiro atoms. The Morgan fingerprint density at radius 1 is 0.476 bits per heavy atom. The van der Waals surface area contributed by atoms with Crippen molar-refractivity contribution in [3.8, 4) is 22.4 Å². The Labute approximate surface area is 237 Å². The zero-order valence-corrected chi connectivity index (χ0v) is 22.2. The summed E-state index contributed by atoms with van der Waals surface area (Å²) in [5.41, 5.74) is 9.73. The molecular formula is C37H20N2O3. The lowest BCUT2D eigenvalue weighted by molar-refractivity contribution is 0.658. The minimum atomic E-state index is 0.812. The third-order valence-corrected chi connectivity index (χ3v) is 8.43. The van der Waals surface area contributed by atoms with E-state index in [9.17, 15) is 0 Å². The van der Waals surface area contributed by atoms with Crippen LogP contribution in [0.3, 0.4) is 0 Å². The van der Waals surface area contributed by atoms with Crippen molar-refractivity contribution < 1.29 is 13.3 Å². The van der Waals surface area contributed by atoms with E-state index in [4.69, 9.17) is 18.2 Å². The standard InChI is InChI=1S/C37H20N2O3/c1-3-9-30-23(7-1)27-19-28-24-8-2-4-10-31(24)42-37(28)35(36(27)41-30)22-13-15-26-25-14-12-21(17-32(25)40-33(26)18-22)29-20-39-16-6-5-11-34(39)38-29/h1-20H. The summed E-state index contributed by atoms with van der Waals surface area (Å²) in [6, 6.07) is 37.3. The van der Waals surface area contributed by atoms with Crippen LogP contribution in [0.1, 0.15) is 0 Å². The molecule has 0 N–H and O–H groups in total. The third-order valence-electron chi connectivity index (χ3n) is 8.43. The number of pyridine rings is 1. The highest BCUT2D eigenvalue weighted by atomic mass is 16.3. The molecule has 5 heteroatoms. The van der Waals surface area contributed by atoms with Crippen molar-refractivity contribution in [2.75, 3.05) is 0 Å². The predicted molar refractivity (Wildman–Crippen MR) is 168 cm³/mol. The lowest BCUT2D eigenvalue weighted by Crippen LogP contribution is -1.81. The highest BCUT2D eigenvalue weighted by Gasteiger charge is 2.22. The topological polar surface area (TPSA) is 56.7 Å². The number of aromatic nitrogens is 2. The molecule has 0 unspecified atom stereocenters. The summed E-state index contributed by atoms with van der Waals surface area (Å²) in [5, 5.41) is 6.45. The van der Waals surface area contributed by atoms with Crippen LogP contribution in [0.2, 0.25) is 0 Å². The monoisotopic (exact) mass is 540 g/mol. The van der Waals surface area contributed by atoms with Gasteiger partial charge in [0.2, 0.25) is 0 Å². The van der Waals surface area contributed by atoms with Gasteiger partial charge in [0.15, 0.2) is 0 Å². The van der Waals surface area contributed by atoms with Gasteiger partial charge in [-0.3, -0.25) is 0 Å². The molecule has 0 saturated carbocycles. The number of furan rings is 3. The maximum absolute atomic E-state index is 6.50. The zero-order chi connectivity index (χ0) is 27.4. The molecule has 0 aliphatic rings. The van der Waals surface area contributed by atoms with Crippen molar-refractivity contribution >= 4 is 71.5 Å². The van der Waals surface area contributed by atoms with E-state index in [-0.39, 0.29) is 0 Å². The van der Waals surface area contributed by atoms with Crippen molar-refractivity contribution in [3.05, 3.63) is 122 Å². The van der Waals surface area contributed by atoms with Crippen LogP contribution >= 0.6 is 0 Å². The maximum atomic E-state index is 6.50. The fourth-order valence-corrected chi connectivity index (χ4v) is 6.46. The Hall–Kier alpha value is -5.81. The zero-order valence-electron chi connectivity index (χ0n) is 22.2. The number of fused-ring (bicyclic) bond motifs is 10. The van der Waals surface area contributed by atoms with Crippen LogP contribution in [0.5, 0.6) is 0 Å². The average Bonchev–Trinajstić information content (AvgIpc) is 3.80. The SMILES string of the molecule is c1ccc2c(c1)oc1c(-c3ccc4c(c3)oc3cc(-c5cn6ccccc6n5)ccc34)c3oc4ccccc4c3cc12. The van der Waals surface area contributed by atoms with Crippen molar-refractivity contribution in [3.63, 3.8) is 0 Å². The Balaban J connectivity index is 1.22. The van der Waals surface area contributed by atoms with Crippen molar-refractivity contribution in [1.29, 1.82) is 0 Å². The van der Waals surface area contributed by atoms with E-state index >= 15 is 0 Å². The van der Waals surface area contributed by atoms with E-state index in [1.165, 1.54) is 0 Å². The minimum Gasteiger partial charge on any atom is -0.456 e. The first-order chi connectivity index (χ1) is 20.8. The first-order valence-electron chi connectivity index (χ1n) is 13.9. The second-order valence-corrected chi connectivity index (χ2v) is 10.8. The molecule has 0 amide bonds. The van der Waals surface area contributed by atoms with Gasteiger partial charge in [0.05, 0.1) is 11.3 Å². The fourth-order valence-electron chi connectivity index (χ4n) is 6.46. The first kappa shape index (κ1) is 21.9. The first-order valence-corrected chi connectivity index (χ1v) is 13.9. The molecule has 5 aromatic carbocycles. The molecule has 196 valence electrons. The molecule has 0 radical (unpaired) electrons. The van der Waals surface area contributed by atoms with Gasteiger partial charge in [-0.15, -0.1) is 0 Å². The number of para-hydroxylation sites is 2. The van der Waals surface area contributed by atoms with Crippen molar-refractivity contribution in [1.82, 2.24) is 9.38 Å². The van der Waals surface area contributed by atoms with Gasteiger partial charge >= 0.3 is 0 Å². The van der Waals surface area contributed by atoms with Crippen LogP contribution in [0.15, 0.2) is 135 Å². The van der Waals surface area contributed by atoms with Gasteiger partial charge in [0, 0.05) is 50.3 Å². The number of hydrogen-bond donors (Lipinski definition) is 0.